The van der Waals surface area contributed by atoms with Crippen LogP contribution in [0.4, 0.5) is 5.69 Å². The minimum Gasteiger partial charge on any atom is -0.271 e. The molecule has 1 aliphatic rings. The van der Waals surface area contributed by atoms with Crippen LogP contribution in [0.2, 0.25) is 0 Å². The van der Waals surface area contributed by atoms with E-state index in [1.807, 2.05) is 12.1 Å². The third kappa shape index (κ3) is 3.61. The molecule has 2 rings (SSSR count). The van der Waals surface area contributed by atoms with Crippen LogP contribution in [0, 0.1) is 5.92 Å². The predicted molar refractivity (Wildman–Crippen MR) is 78.5 cm³/mol. The minimum absolute atomic E-state index is 0.287. The molecule has 106 valence electrons. The molecule has 0 aliphatic carbocycles. The highest BCUT2D eigenvalue weighted by Gasteiger charge is 2.26. The molecular weight excluding hydrogens is 284 g/mol. The van der Waals surface area contributed by atoms with Crippen molar-refractivity contribution in [3.05, 3.63) is 29.8 Å². The molecule has 0 saturated carbocycles. The monoisotopic (exact) mass is 302 g/mol. The summed E-state index contributed by atoms with van der Waals surface area (Å²) in [5.74, 6) is 0.886. The molecule has 6 heteroatoms. The van der Waals surface area contributed by atoms with Crippen LogP contribution in [0.3, 0.4) is 0 Å². The van der Waals surface area contributed by atoms with Crippen LogP contribution in [-0.4, -0.2) is 25.8 Å². The molecule has 19 heavy (non-hydrogen) atoms. The Hall–Kier alpha value is -0.780. The van der Waals surface area contributed by atoms with Gasteiger partial charge in [0.15, 0.2) is 0 Å². The highest BCUT2D eigenvalue weighted by atomic mass is 35.5. The van der Waals surface area contributed by atoms with Crippen LogP contribution in [0.25, 0.3) is 0 Å². The van der Waals surface area contributed by atoms with Gasteiger partial charge in [0.2, 0.25) is 0 Å². The Kier molecular flexibility index (Phi) is 4.71. The molecule has 1 saturated heterocycles. The maximum atomic E-state index is 12.3. The Balaban J connectivity index is 2.13. The lowest BCUT2D eigenvalue weighted by Crippen LogP contribution is -2.41. The SMILES string of the molecule is CC1CCN(S(=O)(=O)Nc2ccccc2CCl)CC1. The molecule has 1 aliphatic heterocycles. The van der Waals surface area contributed by atoms with Crippen molar-refractivity contribution in [1.29, 1.82) is 0 Å². The molecular formula is C13H19ClN2O2S. The Morgan fingerprint density at radius 3 is 2.58 bits per heavy atom. The van der Waals surface area contributed by atoms with Gasteiger partial charge in [-0.15, -0.1) is 11.6 Å². The van der Waals surface area contributed by atoms with Crippen molar-refractivity contribution < 1.29 is 8.42 Å². The first-order chi connectivity index (χ1) is 9.03. The Labute approximate surface area is 119 Å². The number of halogens is 1. The quantitative estimate of drug-likeness (QED) is 0.870. The van der Waals surface area contributed by atoms with Gasteiger partial charge in [0.25, 0.3) is 0 Å². The third-order valence-electron chi connectivity index (χ3n) is 3.48. The van der Waals surface area contributed by atoms with Crippen molar-refractivity contribution in [2.24, 2.45) is 5.92 Å². The lowest BCUT2D eigenvalue weighted by molar-refractivity contribution is 0.289. The first kappa shape index (κ1) is 14.6. The number of hydrogen-bond acceptors (Lipinski definition) is 2. The first-order valence-electron chi connectivity index (χ1n) is 6.44. The second kappa shape index (κ2) is 6.11. The third-order valence-corrected chi connectivity index (χ3v) is 5.29. The van der Waals surface area contributed by atoms with Gasteiger partial charge in [0, 0.05) is 19.0 Å². The molecule has 0 spiro atoms. The standard InChI is InChI=1S/C13H19ClN2O2S/c1-11-6-8-16(9-7-11)19(17,18)15-13-5-3-2-4-12(13)10-14/h2-5,11,15H,6-10H2,1H3. The molecule has 1 aromatic carbocycles. The van der Waals surface area contributed by atoms with Gasteiger partial charge in [-0.3, -0.25) is 4.72 Å². The highest BCUT2D eigenvalue weighted by molar-refractivity contribution is 7.90. The van der Waals surface area contributed by atoms with Gasteiger partial charge in [-0.25, -0.2) is 0 Å². The summed E-state index contributed by atoms with van der Waals surface area (Å²) in [7, 11) is -3.47. The van der Waals surface area contributed by atoms with Crippen LogP contribution in [0.15, 0.2) is 24.3 Å². The number of rotatable bonds is 4. The van der Waals surface area contributed by atoms with Gasteiger partial charge in [-0.2, -0.15) is 12.7 Å². The summed E-state index contributed by atoms with van der Waals surface area (Å²) in [4.78, 5) is 0. The number of benzene rings is 1. The van der Waals surface area contributed by atoms with Crippen molar-refractivity contribution in [2.45, 2.75) is 25.6 Å². The molecule has 0 unspecified atom stereocenters. The lowest BCUT2D eigenvalue weighted by atomic mass is 10.0. The Morgan fingerprint density at radius 2 is 1.95 bits per heavy atom. The number of anilines is 1. The van der Waals surface area contributed by atoms with E-state index in [0.717, 1.165) is 18.4 Å². The number of nitrogens with one attached hydrogen (secondary N) is 1. The number of alkyl halides is 1. The summed E-state index contributed by atoms with van der Waals surface area (Å²) < 4.78 is 28.8. The van der Waals surface area contributed by atoms with Crippen molar-refractivity contribution in [3.63, 3.8) is 0 Å². The van der Waals surface area contributed by atoms with Gasteiger partial charge in [0.1, 0.15) is 0 Å². The van der Waals surface area contributed by atoms with E-state index in [1.54, 1.807) is 12.1 Å². The Bertz CT molecular complexity index is 525. The summed E-state index contributed by atoms with van der Waals surface area (Å²) in [5.41, 5.74) is 1.36. The van der Waals surface area contributed by atoms with Crippen LogP contribution in [0.1, 0.15) is 25.3 Å². The zero-order valence-corrected chi connectivity index (χ0v) is 12.5. The largest absolute Gasteiger partial charge is 0.301 e. The van der Waals surface area contributed by atoms with E-state index in [0.29, 0.717) is 24.7 Å². The van der Waals surface area contributed by atoms with Gasteiger partial charge in [-0.1, -0.05) is 25.1 Å². The van der Waals surface area contributed by atoms with E-state index in [1.165, 1.54) is 4.31 Å². The topological polar surface area (TPSA) is 49.4 Å². The fourth-order valence-electron chi connectivity index (χ4n) is 2.17. The number of para-hydroxylation sites is 1. The summed E-state index contributed by atoms with van der Waals surface area (Å²) in [6.07, 6.45) is 1.83. The molecule has 0 radical (unpaired) electrons. The van der Waals surface area contributed by atoms with E-state index in [4.69, 9.17) is 11.6 Å². The maximum Gasteiger partial charge on any atom is 0.301 e. The molecule has 4 nitrogen and oxygen atoms in total. The second-order valence-electron chi connectivity index (χ2n) is 4.98. The van der Waals surface area contributed by atoms with E-state index in [-0.39, 0.29) is 5.88 Å². The maximum absolute atomic E-state index is 12.3. The molecule has 0 amide bonds. The van der Waals surface area contributed by atoms with Crippen LogP contribution >= 0.6 is 11.6 Å². The van der Waals surface area contributed by atoms with Crippen molar-refractivity contribution in [1.82, 2.24) is 4.31 Å². The molecule has 1 fully saturated rings. The minimum atomic E-state index is -3.47. The van der Waals surface area contributed by atoms with Crippen molar-refractivity contribution in [3.8, 4) is 0 Å². The summed E-state index contributed by atoms with van der Waals surface area (Å²) >= 11 is 5.82. The fourth-order valence-corrected chi connectivity index (χ4v) is 3.70. The van der Waals surface area contributed by atoms with E-state index >= 15 is 0 Å². The van der Waals surface area contributed by atoms with Gasteiger partial charge < -0.3 is 0 Å². The molecule has 0 bridgehead atoms. The zero-order chi connectivity index (χ0) is 13.9. The molecule has 0 aromatic heterocycles. The Morgan fingerprint density at radius 1 is 1.32 bits per heavy atom. The predicted octanol–water partition coefficient (Wildman–Crippen LogP) is 2.81. The first-order valence-corrected chi connectivity index (χ1v) is 8.42. The van der Waals surface area contributed by atoms with E-state index in [2.05, 4.69) is 11.6 Å². The summed E-state index contributed by atoms with van der Waals surface area (Å²) in [5, 5.41) is 0. The van der Waals surface area contributed by atoms with E-state index in [9.17, 15) is 8.42 Å². The number of piperidine rings is 1. The van der Waals surface area contributed by atoms with Crippen LogP contribution < -0.4 is 4.72 Å². The molecule has 1 aromatic rings. The summed E-state index contributed by atoms with van der Waals surface area (Å²) in [6.45, 7) is 3.32. The highest BCUT2D eigenvalue weighted by Crippen LogP contribution is 2.23. The molecule has 0 atom stereocenters. The number of hydrogen-bond donors (Lipinski definition) is 1. The molecule has 1 N–H and O–H groups in total. The normalized spacial score (nSPS) is 18.4. The van der Waals surface area contributed by atoms with Crippen molar-refractivity contribution >= 4 is 27.5 Å². The second-order valence-corrected chi connectivity index (χ2v) is 6.92. The molecule has 1 heterocycles. The van der Waals surface area contributed by atoms with Gasteiger partial charge >= 0.3 is 10.2 Å². The van der Waals surface area contributed by atoms with Gasteiger partial charge in [-0.05, 0) is 30.4 Å². The number of nitrogens with zero attached hydrogens (tertiary/aromatic N) is 1. The fraction of sp³-hybridized carbons (Fsp3) is 0.538. The lowest BCUT2D eigenvalue weighted by Gasteiger charge is -2.29. The van der Waals surface area contributed by atoms with Crippen LogP contribution in [0.5, 0.6) is 0 Å². The van der Waals surface area contributed by atoms with Crippen molar-refractivity contribution in [2.75, 3.05) is 17.8 Å². The van der Waals surface area contributed by atoms with E-state index < -0.39 is 10.2 Å². The average molecular weight is 303 g/mol. The summed E-state index contributed by atoms with van der Waals surface area (Å²) in [6, 6.07) is 7.20. The van der Waals surface area contributed by atoms with Crippen LogP contribution in [-0.2, 0) is 16.1 Å². The average Bonchev–Trinajstić information content (AvgIpc) is 2.39. The smallest absolute Gasteiger partial charge is 0.271 e. The zero-order valence-electron chi connectivity index (χ0n) is 11.0. The van der Waals surface area contributed by atoms with Gasteiger partial charge in [0.05, 0.1) is 5.69 Å².